The van der Waals surface area contributed by atoms with E-state index >= 15 is 0 Å². The first-order valence-corrected chi connectivity index (χ1v) is 7.54. The second kappa shape index (κ2) is 6.10. The first-order chi connectivity index (χ1) is 9.02. The lowest BCUT2D eigenvalue weighted by molar-refractivity contribution is -0.0107. The van der Waals surface area contributed by atoms with E-state index in [1.54, 1.807) is 0 Å². The summed E-state index contributed by atoms with van der Waals surface area (Å²) in [5.41, 5.74) is -0.526. The fourth-order valence-electron chi connectivity index (χ4n) is 2.93. The highest BCUT2D eigenvalue weighted by atomic mass is 16.3. The van der Waals surface area contributed by atoms with Crippen LogP contribution in [0.4, 0.5) is 0 Å². The third kappa shape index (κ3) is 3.83. The van der Waals surface area contributed by atoms with E-state index in [9.17, 15) is 5.11 Å². The number of hydrogen-bond acceptors (Lipinski definition) is 3. The van der Waals surface area contributed by atoms with Crippen LogP contribution in [0, 0.1) is 12.8 Å². The average molecular weight is 265 g/mol. The van der Waals surface area contributed by atoms with E-state index in [2.05, 4.69) is 19.2 Å². The van der Waals surface area contributed by atoms with E-state index in [0.29, 0.717) is 6.54 Å². The fraction of sp³-hybridized carbons (Fsp3) is 0.750. The second-order valence-electron chi connectivity index (χ2n) is 6.13. The molecule has 1 saturated carbocycles. The van der Waals surface area contributed by atoms with Gasteiger partial charge in [-0.05, 0) is 57.6 Å². The van der Waals surface area contributed by atoms with Gasteiger partial charge < -0.3 is 14.8 Å². The molecule has 0 spiro atoms. The summed E-state index contributed by atoms with van der Waals surface area (Å²) in [5, 5.41) is 14.0. The number of furan rings is 1. The summed E-state index contributed by atoms with van der Waals surface area (Å²) in [6, 6.07) is 4.14. The zero-order chi connectivity index (χ0) is 13.9. The van der Waals surface area contributed by atoms with Crippen molar-refractivity contribution < 1.29 is 9.52 Å². The van der Waals surface area contributed by atoms with Crippen molar-refractivity contribution in [3.8, 4) is 0 Å². The molecule has 3 heteroatoms. The smallest absolute Gasteiger partial charge is 0.120 e. The van der Waals surface area contributed by atoms with Crippen LogP contribution in [0.3, 0.4) is 0 Å². The van der Waals surface area contributed by atoms with Crippen LogP contribution in [-0.2, 0) is 0 Å². The Labute approximate surface area is 116 Å². The molecule has 1 aliphatic carbocycles. The van der Waals surface area contributed by atoms with Crippen LogP contribution in [-0.4, -0.2) is 17.3 Å². The molecular weight excluding hydrogens is 238 g/mol. The molecular formula is C16H27NO2. The Hall–Kier alpha value is -0.800. The van der Waals surface area contributed by atoms with Gasteiger partial charge in [0, 0.05) is 6.54 Å². The number of aryl methyl sites for hydroxylation is 1. The zero-order valence-corrected chi connectivity index (χ0v) is 12.4. The summed E-state index contributed by atoms with van der Waals surface area (Å²) in [5.74, 6) is 2.69. The van der Waals surface area contributed by atoms with Crippen LogP contribution in [0.1, 0.15) is 63.5 Å². The quantitative estimate of drug-likeness (QED) is 0.855. The number of hydrogen-bond donors (Lipinski definition) is 2. The SMILES string of the molecule is CCC1CCC(O)(CNC(C)c2ccc(C)o2)CC1. The van der Waals surface area contributed by atoms with Gasteiger partial charge in [-0.25, -0.2) is 0 Å². The summed E-state index contributed by atoms with van der Waals surface area (Å²) in [4.78, 5) is 0. The predicted octanol–water partition coefficient (Wildman–Crippen LogP) is 3.57. The molecule has 1 aromatic heterocycles. The van der Waals surface area contributed by atoms with Crippen molar-refractivity contribution in [2.75, 3.05) is 6.54 Å². The van der Waals surface area contributed by atoms with Crippen LogP contribution in [0.15, 0.2) is 16.5 Å². The van der Waals surface area contributed by atoms with Crippen LogP contribution in [0.25, 0.3) is 0 Å². The van der Waals surface area contributed by atoms with E-state index in [0.717, 1.165) is 43.1 Å². The van der Waals surface area contributed by atoms with E-state index in [4.69, 9.17) is 4.42 Å². The molecule has 19 heavy (non-hydrogen) atoms. The summed E-state index contributed by atoms with van der Waals surface area (Å²) in [6.45, 7) is 6.94. The van der Waals surface area contributed by atoms with Crippen molar-refractivity contribution >= 4 is 0 Å². The molecule has 0 radical (unpaired) electrons. The first-order valence-electron chi connectivity index (χ1n) is 7.54. The highest BCUT2D eigenvalue weighted by molar-refractivity contribution is 5.09. The van der Waals surface area contributed by atoms with E-state index in [-0.39, 0.29) is 6.04 Å². The van der Waals surface area contributed by atoms with Gasteiger partial charge in [0.05, 0.1) is 11.6 Å². The molecule has 0 aliphatic heterocycles. The van der Waals surface area contributed by atoms with Gasteiger partial charge in [0.15, 0.2) is 0 Å². The minimum Gasteiger partial charge on any atom is -0.465 e. The predicted molar refractivity (Wildman–Crippen MR) is 77.1 cm³/mol. The van der Waals surface area contributed by atoms with E-state index in [1.807, 2.05) is 19.1 Å². The standard InChI is InChI=1S/C16H27NO2/c1-4-14-7-9-16(18,10-8-14)11-17-13(3)15-6-5-12(2)19-15/h5-6,13-14,17-18H,4,7-11H2,1-3H3. The van der Waals surface area contributed by atoms with Gasteiger partial charge in [0.1, 0.15) is 11.5 Å². The molecule has 0 bridgehead atoms. The maximum atomic E-state index is 10.6. The third-order valence-electron chi connectivity index (χ3n) is 4.54. The van der Waals surface area contributed by atoms with Crippen molar-refractivity contribution in [1.82, 2.24) is 5.32 Å². The number of nitrogens with one attached hydrogen (secondary N) is 1. The summed E-state index contributed by atoms with van der Waals surface area (Å²) in [7, 11) is 0. The molecule has 1 atom stereocenters. The van der Waals surface area contributed by atoms with Gasteiger partial charge in [-0.15, -0.1) is 0 Å². The van der Waals surface area contributed by atoms with Crippen molar-refractivity contribution in [1.29, 1.82) is 0 Å². The maximum absolute atomic E-state index is 10.6. The first kappa shape index (κ1) is 14.6. The molecule has 1 heterocycles. The number of rotatable bonds is 5. The Morgan fingerprint density at radius 2 is 2.11 bits per heavy atom. The molecule has 1 fully saturated rings. The van der Waals surface area contributed by atoms with Gasteiger partial charge in [0.25, 0.3) is 0 Å². The molecule has 0 aromatic carbocycles. The molecule has 2 rings (SSSR count). The Bertz CT molecular complexity index is 391. The van der Waals surface area contributed by atoms with E-state index in [1.165, 1.54) is 6.42 Å². The maximum Gasteiger partial charge on any atom is 0.120 e. The van der Waals surface area contributed by atoms with Gasteiger partial charge in [-0.1, -0.05) is 13.3 Å². The van der Waals surface area contributed by atoms with Crippen molar-refractivity contribution in [2.45, 2.75) is 64.5 Å². The number of aliphatic hydroxyl groups is 1. The molecule has 3 nitrogen and oxygen atoms in total. The summed E-state index contributed by atoms with van der Waals surface area (Å²) in [6.07, 6.45) is 5.39. The zero-order valence-electron chi connectivity index (χ0n) is 12.4. The van der Waals surface area contributed by atoms with Crippen LogP contribution >= 0.6 is 0 Å². The summed E-state index contributed by atoms with van der Waals surface area (Å²) < 4.78 is 5.61. The van der Waals surface area contributed by atoms with Crippen molar-refractivity contribution in [2.24, 2.45) is 5.92 Å². The lowest BCUT2D eigenvalue weighted by Gasteiger charge is -2.36. The van der Waals surface area contributed by atoms with Gasteiger partial charge in [0.2, 0.25) is 0 Å². The highest BCUT2D eigenvalue weighted by Crippen LogP contribution is 2.33. The van der Waals surface area contributed by atoms with Crippen molar-refractivity contribution in [3.05, 3.63) is 23.7 Å². The Morgan fingerprint density at radius 1 is 1.42 bits per heavy atom. The van der Waals surface area contributed by atoms with Crippen LogP contribution in [0.5, 0.6) is 0 Å². The third-order valence-corrected chi connectivity index (χ3v) is 4.54. The van der Waals surface area contributed by atoms with Crippen LogP contribution in [0.2, 0.25) is 0 Å². The van der Waals surface area contributed by atoms with Gasteiger partial charge in [-0.2, -0.15) is 0 Å². The average Bonchev–Trinajstić information content (AvgIpc) is 2.84. The molecule has 0 amide bonds. The lowest BCUT2D eigenvalue weighted by atomic mass is 9.78. The van der Waals surface area contributed by atoms with Gasteiger partial charge >= 0.3 is 0 Å². The Kier molecular flexibility index (Phi) is 4.69. The summed E-state index contributed by atoms with van der Waals surface area (Å²) >= 11 is 0. The fourth-order valence-corrected chi connectivity index (χ4v) is 2.93. The topological polar surface area (TPSA) is 45.4 Å². The van der Waals surface area contributed by atoms with Crippen LogP contribution < -0.4 is 5.32 Å². The molecule has 2 N–H and O–H groups in total. The van der Waals surface area contributed by atoms with Gasteiger partial charge in [-0.3, -0.25) is 0 Å². The normalized spacial score (nSPS) is 29.4. The minimum absolute atomic E-state index is 0.154. The minimum atomic E-state index is -0.526. The molecule has 1 aromatic rings. The second-order valence-corrected chi connectivity index (χ2v) is 6.13. The largest absolute Gasteiger partial charge is 0.465 e. The lowest BCUT2D eigenvalue weighted by Crippen LogP contribution is -2.44. The molecule has 0 saturated heterocycles. The molecule has 108 valence electrons. The Balaban J connectivity index is 1.81. The Morgan fingerprint density at radius 3 is 2.63 bits per heavy atom. The molecule has 1 aliphatic rings. The molecule has 1 unspecified atom stereocenters. The highest BCUT2D eigenvalue weighted by Gasteiger charge is 2.32. The van der Waals surface area contributed by atoms with E-state index < -0.39 is 5.60 Å². The van der Waals surface area contributed by atoms with Crippen molar-refractivity contribution in [3.63, 3.8) is 0 Å². The monoisotopic (exact) mass is 265 g/mol.